The van der Waals surface area contributed by atoms with Crippen LogP contribution in [0.3, 0.4) is 0 Å². The van der Waals surface area contributed by atoms with Gasteiger partial charge in [0.05, 0.1) is 5.41 Å². The van der Waals surface area contributed by atoms with Crippen molar-refractivity contribution in [2.24, 2.45) is 5.41 Å². The van der Waals surface area contributed by atoms with Gasteiger partial charge in [-0.05, 0) is 55.7 Å². The third-order valence-corrected chi connectivity index (χ3v) is 6.37. The number of nitrogens with one attached hydrogen (secondary N) is 1. The summed E-state index contributed by atoms with van der Waals surface area (Å²) < 4.78 is 0. The van der Waals surface area contributed by atoms with Crippen LogP contribution in [0.15, 0.2) is 41.8 Å². The molecule has 2 amide bonds. The fourth-order valence-electron chi connectivity index (χ4n) is 4.10. The molecule has 1 unspecified atom stereocenters. The van der Waals surface area contributed by atoms with Crippen molar-refractivity contribution in [2.45, 2.75) is 52.5 Å². The van der Waals surface area contributed by atoms with Crippen molar-refractivity contribution in [1.29, 1.82) is 0 Å². The molecule has 3 rings (SSSR count). The third kappa shape index (κ3) is 4.46. The molecule has 5 heteroatoms. The summed E-state index contributed by atoms with van der Waals surface area (Å²) in [4.78, 5) is 28.8. The fourth-order valence-corrected chi connectivity index (χ4v) is 4.89. The normalized spacial score (nSPS) is 19.6. The Morgan fingerprint density at radius 2 is 2.00 bits per heavy atom. The lowest BCUT2D eigenvalue weighted by atomic mass is 9.73. The van der Waals surface area contributed by atoms with Crippen LogP contribution in [0.2, 0.25) is 0 Å². The molecule has 1 aromatic heterocycles. The summed E-state index contributed by atoms with van der Waals surface area (Å²) in [5, 5.41) is 5.21. The second kappa shape index (κ2) is 8.91. The molecule has 1 saturated heterocycles. The Morgan fingerprint density at radius 3 is 2.68 bits per heavy atom. The molecular formula is C23H30N2O2S. The molecule has 1 fully saturated rings. The molecule has 1 N–H and O–H groups in total. The van der Waals surface area contributed by atoms with Gasteiger partial charge in [0.25, 0.3) is 0 Å². The van der Waals surface area contributed by atoms with Gasteiger partial charge in [0.1, 0.15) is 0 Å². The number of benzene rings is 1. The van der Waals surface area contributed by atoms with Gasteiger partial charge in [-0.15, -0.1) is 11.3 Å². The molecule has 150 valence electrons. The van der Waals surface area contributed by atoms with Crippen LogP contribution in [0.1, 0.15) is 45.6 Å². The predicted molar refractivity (Wildman–Crippen MR) is 115 cm³/mol. The largest absolute Gasteiger partial charge is 0.353 e. The Hall–Kier alpha value is -2.14. The van der Waals surface area contributed by atoms with Gasteiger partial charge in [-0.25, -0.2) is 0 Å². The summed E-state index contributed by atoms with van der Waals surface area (Å²) in [6.07, 6.45) is 2.79. The van der Waals surface area contributed by atoms with E-state index < -0.39 is 5.41 Å². The second-order valence-corrected chi connectivity index (χ2v) is 8.94. The number of hydrogen-bond donors (Lipinski definition) is 1. The minimum absolute atomic E-state index is 0.0667. The molecule has 4 nitrogen and oxygen atoms in total. The molecule has 0 spiro atoms. The smallest absolute Gasteiger partial charge is 0.228 e. The van der Waals surface area contributed by atoms with Crippen molar-refractivity contribution in [3.63, 3.8) is 0 Å². The number of nitrogens with zero attached hydrogens (tertiary/aromatic N) is 1. The lowest BCUT2D eigenvalue weighted by Crippen LogP contribution is -2.55. The van der Waals surface area contributed by atoms with Crippen molar-refractivity contribution in [2.75, 3.05) is 13.1 Å². The van der Waals surface area contributed by atoms with Crippen molar-refractivity contribution >= 4 is 23.2 Å². The molecule has 2 aromatic rings. The van der Waals surface area contributed by atoms with Gasteiger partial charge >= 0.3 is 0 Å². The molecular weight excluding hydrogens is 368 g/mol. The lowest BCUT2D eigenvalue weighted by Gasteiger charge is -2.42. The number of carbonyl (C=O) groups is 2. The highest BCUT2D eigenvalue weighted by Crippen LogP contribution is 2.38. The molecule has 2 heterocycles. The van der Waals surface area contributed by atoms with Crippen LogP contribution in [0.4, 0.5) is 0 Å². The molecule has 1 aliphatic rings. The van der Waals surface area contributed by atoms with Gasteiger partial charge in [0.15, 0.2) is 0 Å². The van der Waals surface area contributed by atoms with E-state index in [-0.39, 0.29) is 17.9 Å². The lowest BCUT2D eigenvalue weighted by molar-refractivity contribution is -0.141. The first kappa shape index (κ1) is 20.6. The molecule has 0 aliphatic carbocycles. The third-order valence-electron chi connectivity index (χ3n) is 5.47. The summed E-state index contributed by atoms with van der Waals surface area (Å²) in [5.74, 6) is 0.199. The van der Waals surface area contributed by atoms with Crippen LogP contribution < -0.4 is 5.32 Å². The van der Waals surface area contributed by atoms with E-state index in [1.807, 2.05) is 37.8 Å². The first-order chi connectivity index (χ1) is 13.4. The number of thiophene rings is 1. The number of piperidine rings is 1. The van der Waals surface area contributed by atoms with E-state index in [2.05, 4.69) is 35.0 Å². The maximum atomic E-state index is 13.3. The zero-order valence-electron chi connectivity index (χ0n) is 17.0. The van der Waals surface area contributed by atoms with Crippen molar-refractivity contribution in [1.82, 2.24) is 10.2 Å². The first-order valence-corrected chi connectivity index (χ1v) is 11.0. The average molecular weight is 399 g/mol. The molecule has 0 bridgehead atoms. The van der Waals surface area contributed by atoms with Gasteiger partial charge in [-0.3, -0.25) is 9.59 Å². The Morgan fingerprint density at radius 1 is 1.21 bits per heavy atom. The second-order valence-electron chi connectivity index (χ2n) is 7.99. The minimum Gasteiger partial charge on any atom is -0.353 e. The van der Waals surface area contributed by atoms with Crippen LogP contribution in [0.25, 0.3) is 10.4 Å². The van der Waals surface area contributed by atoms with E-state index in [1.165, 1.54) is 16.0 Å². The van der Waals surface area contributed by atoms with Crippen LogP contribution in [0.5, 0.6) is 0 Å². The van der Waals surface area contributed by atoms with Crippen LogP contribution in [-0.2, 0) is 16.0 Å². The van der Waals surface area contributed by atoms with E-state index in [1.54, 1.807) is 11.3 Å². The van der Waals surface area contributed by atoms with E-state index >= 15 is 0 Å². The summed E-state index contributed by atoms with van der Waals surface area (Å²) >= 11 is 1.71. The van der Waals surface area contributed by atoms with Gasteiger partial charge in [-0.1, -0.05) is 37.3 Å². The molecule has 1 aliphatic heterocycles. The van der Waals surface area contributed by atoms with Crippen molar-refractivity contribution in [3.8, 4) is 10.4 Å². The Labute approximate surface area is 172 Å². The summed E-state index contributed by atoms with van der Waals surface area (Å²) in [6.45, 7) is 7.11. The molecule has 1 atom stereocenters. The zero-order valence-corrected chi connectivity index (χ0v) is 17.8. The monoisotopic (exact) mass is 398 g/mol. The fraction of sp³-hybridized carbons (Fsp3) is 0.478. The van der Waals surface area contributed by atoms with Crippen LogP contribution in [0, 0.1) is 5.41 Å². The van der Waals surface area contributed by atoms with Gasteiger partial charge < -0.3 is 10.2 Å². The number of amides is 2. The van der Waals surface area contributed by atoms with Gasteiger partial charge in [0.2, 0.25) is 11.8 Å². The SMILES string of the molecule is CCC(=O)N1CCCC(Cc2ccccc2-c2cccs2)(C(=O)NC(C)C)C1. The number of rotatable bonds is 6. The minimum atomic E-state index is -0.583. The predicted octanol–water partition coefficient (Wildman–Crippen LogP) is 4.50. The highest BCUT2D eigenvalue weighted by Gasteiger charge is 2.43. The van der Waals surface area contributed by atoms with Gasteiger partial charge in [0, 0.05) is 30.4 Å². The molecule has 1 aromatic carbocycles. The van der Waals surface area contributed by atoms with E-state index in [0.29, 0.717) is 19.4 Å². The van der Waals surface area contributed by atoms with E-state index in [9.17, 15) is 9.59 Å². The number of carbonyl (C=O) groups excluding carboxylic acids is 2. The summed E-state index contributed by atoms with van der Waals surface area (Å²) in [5.41, 5.74) is 1.78. The van der Waals surface area contributed by atoms with Crippen molar-refractivity contribution in [3.05, 3.63) is 47.3 Å². The van der Waals surface area contributed by atoms with Crippen LogP contribution >= 0.6 is 11.3 Å². The van der Waals surface area contributed by atoms with Gasteiger partial charge in [-0.2, -0.15) is 0 Å². The Balaban J connectivity index is 1.97. The molecule has 0 saturated carbocycles. The maximum Gasteiger partial charge on any atom is 0.228 e. The zero-order chi connectivity index (χ0) is 20.1. The summed E-state index contributed by atoms with van der Waals surface area (Å²) in [7, 11) is 0. The Bertz CT molecular complexity index is 816. The van der Waals surface area contributed by atoms with Crippen LogP contribution in [-0.4, -0.2) is 35.8 Å². The standard InChI is InChI=1S/C23H30N2O2S/c1-4-21(26)25-13-8-12-23(16-25,22(27)24-17(2)3)15-18-9-5-6-10-19(18)20-11-7-14-28-20/h5-7,9-11,14,17H,4,8,12-13,15-16H2,1-3H3,(H,24,27). The quantitative estimate of drug-likeness (QED) is 0.779. The molecule has 0 radical (unpaired) electrons. The Kier molecular flexibility index (Phi) is 6.55. The average Bonchev–Trinajstić information content (AvgIpc) is 3.22. The van der Waals surface area contributed by atoms with E-state index in [0.717, 1.165) is 19.4 Å². The van der Waals surface area contributed by atoms with E-state index in [4.69, 9.17) is 0 Å². The molecule has 28 heavy (non-hydrogen) atoms. The highest BCUT2D eigenvalue weighted by atomic mass is 32.1. The first-order valence-electron chi connectivity index (χ1n) is 10.2. The maximum absolute atomic E-state index is 13.3. The summed E-state index contributed by atoms with van der Waals surface area (Å²) in [6, 6.07) is 12.6. The number of hydrogen-bond acceptors (Lipinski definition) is 3. The van der Waals surface area contributed by atoms with Crippen molar-refractivity contribution < 1.29 is 9.59 Å². The highest BCUT2D eigenvalue weighted by molar-refractivity contribution is 7.13. The number of likely N-dealkylation sites (tertiary alicyclic amines) is 1. The topological polar surface area (TPSA) is 49.4 Å².